The van der Waals surface area contributed by atoms with Crippen LogP contribution in [0.3, 0.4) is 0 Å². The first-order valence-corrected chi connectivity index (χ1v) is 6.51. The highest BCUT2D eigenvalue weighted by Gasteiger charge is 1.93. The van der Waals surface area contributed by atoms with Crippen LogP contribution < -0.4 is 0 Å². The molecule has 0 saturated carbocycles. The maximum absolute atomic E-state index is 7.78. The van der Waals surface area contributed by atoms with Crippen molar-refractivity contribution >= 4 is 0 Å². The van der Waals surface area contributed by atoms with Crippen LogP contribution in [-0.4, -0.2) is 17.3 Å². The Morgan fingerprint density at radius 2 is 1.24 bits per heavy atom. The summed E-state index contributed by atoms with van der Waals surface area (Å²) in [5.41, 5.74) is 0. The van der Waals surface area contributed by atoms with Gasteiger partial charge in [-0.2, -0.15) is 0 Å². The minimum absolute atomic E-state index is 0. The molecule has 0 bridgehead atoms. The Morgan fingerprint density at radius 3 is 1.71 bits per heavy atom. The lowest BCUT2D eigenvalue weighted by Gasteiger charge is -2.01. The smallest absolute Gasteiger partial charge is 0.0854 e. The molecule has 0 amide bonds. The molecule has 0 aromatic carbocycles. The highest BCUT2D eigenvalue weighted by atomic mass is 17.6. The fraction of sp³-hybridized carbons (Fsp3) is 1.00. The third-order valence-electron chi connectivity index (χ3n) is 2.66. The van der Waals surface area contributed by atoms with Crippen LogP contribution in [0.2, 0.25) is 0 Å². The topological polar surface area (TPSA) is 79.4 Å². The molecule has 0 unspecified atom stereocenters. The zero-order chi connectivity index (χ0) is 11.9. The van der Waals surface area contributed by atoms with E-state index in [4.69, 9.17) is 5.26 Å². The van der Waals surface area contributed by atoms with Crippen molar-refractivity contribution < 1.29 is 25.7 Å². The van der Waals surface area contributed by atoms with Gasteiger partial charge in [-0.3, -0.25) is 0 Å². The average molecular weight is 252 g/mol. The number of hydrogen-bond acceptors (Lipinski definition) is 4. The van der Waals surface area contributed by atoms with Crippen molar-refractivity contribution in [3.05, 3.63) is 0 Å². The molecular weight excluding hydrogens is 224 g/mol. The van der Waals surface area contributed by atoms with Gasteiger partial charge < -0.3 is 5.48 Å². The van der Waals surface area contributed by atoms with Gasteiger partial charge >= 0.3 is 0 Å². The van der Waals surface area contributed by atoms with E-state index < -0.39 is 0 Å². The summed E-state index contributed by atoms with van der Waals surface area (Å²) in [5, 5.41) is 15.0. The number of unbranched alkanes of at least 4 members (excludes halogenated alkanes) is 9. The van der Waals surface area contributed by atoms with Crippen LogP contribution in [0.15, 0.2) is 0 Å². The van der Waals surface area contributed by atoms with E-state index in [9.17, 15) is 0 Å². The molecule has 3 N–H and O–H groups in total. The second-order valence-corrected chi connectivity index (χ2v) is 4.15. The summed E-state index contributed by atoms with van der Waals surface area (Å²) in [4.78, 5) is 4.48. The molecule has 5 nitrogen and oxygen atoms in total. The predicted molar refractivity (Wildman–Crippen MR) is 66.2 cm³/mol. The number of hydrogen-bond donors (Lipinski definition) is 1. The SMILES string of the molecule is CCCCCCCCCCCCOOOO.O. The van der Waals surface area contributed by atoms with Gasteiger partial charge in [-0.05, 0) is 16.5 Å². The Labute approximate surface area is 104 Å². The Bertz CT molecular complexity index is 107. The summed E-state index contributed by atoms with van der Waals surface area (Å²) < 4.78 is 0. The Hall–Kier alpha value is -0.200. The van der Waals surface area contributed by atoms with E-state index in [2.05, 4.69) is 21.9 Å². The van der Waals surface area contributed by atoms with Crippen LogP contribution in [0.4, 0.5) is 0 Å². The summed E-state index contributed by atoms with van der Waals surface area (Å²) in [5.74, 6) is 0. The van der Waals surface area contributed by atoms with Crippen molar-refractivity contribution in [2.45, 2.75) is 71.1 Å². The lowest BCUT2D eigenvalue weighted by Crippen LogP contribution is -1.95. The van der Waals surface area contributed by atoms with Gasteiger partial charge in [0, 0.05) is 0 Å². The molecule has 0 atom stereocenters. The van der Waals surface area contributed by atoms with E-state index in [0.29, 0.717) is 6.61 Å². The van der Waals surface area contributed by atoms with Crippen LogP contribution in [-0.2, 0) is 15.0 Å². The first kappa shape index (κ1) is 19.1. The maximum Gasteiger partial charge on any atom is 0.0854 e. The highest BCUT2D eigenvalue weighted by molar-refractivity contribution is 4.46. The highest BCUT2D eigenvalue weighted by Crippen LogP contribution is 2.10. The third kappa shape index (κ3) is 18.4. The van der Waals surface area contributed by atoms with Crippen molar-refractivity contribution in [1.82, 2.24) is 0 Å². The molecule has 0 radical (unpaired) electrons. The van der Waals surface area contributed by atoms with Gasteiger partial charge in [0.15, 0.2) is 0 Å². The van der Waals surface area contributed by atoms with E-state index >= 15 is 0 Å². The summed E-state index contributed by atoms with van der Waals surface area (Å²) >= 11 is 0. The molecule has 0 aromatic heterocycles. The van der Waals surface area contributed by atoms with Crippen molar-refractivity contribution in [2.24, 2.45) is 0 Å². The van der Waals surface area contributed by atoms with E-state index in [1.165, 1.54) is 51.4 Å². The van der Waals surface area contributed by atoms with E-state index in [0.717, 1.165) is 12.8 Å². The van der Waals surface area contributed by atoms with Gasteiger partial charge in [0.25, 0.3) is 0 Å². The van der Waals surface area contributed by atoms with Crippen LogP contribution >= 0.6 is 0 Å². The summed E-state index contributed by atoms with van der Waals surface area (Å²) in [7, 11) is 0. The Kier molecular flexibility index (Phi) is 20.5. The lowest BCUT2D eigenvalue weighted by molar-refractivity contribution is -0.623. The summed E-state index contributed by atoms with van der Waals surface area (Å²) in [6, 6.07) is 0. The fourth-order valence-electron chi connectivity index (χ4n) is 1.70. The van der Waals surface area contributed by atoms with Crippen molar-refractivity contribution in [3.63, 3.8) is 0 Å². The molecule has 0 saturated heterocycles. The molecule has 0 rings (SSSR count). The van der Waals surface area contributed by atoms with E-state index in [1.54, 1.807) is 0 Å². The van der Waals surface area contributed by atoms with Gasteiger partial charge in [0.2, 0.25) is 0 Å². The minimum atomic E-state index is 0. The molecule has 0 fully saturated rings. The van der Waals surface area contributed by atoms with Gasteiger partial charge in [-0.1, -0.05) is 64.7 Å². The van der Waals surface area contributed by atoms with Crippen molar-refractivity contribution in [3.8, 4) is 0 Å². The monoisotopic (exact) mass is 252 g/mol. The van der Waals surface area contributed by atoms with Crippen LogP contribution in [0.1, 0.15) is 71.1 Å². The molecule has 17 heavy (non-hydrogen) atoms. The quantitative estimate of drug-likeness (QED) is 0.309. The average Bonchev–Trinajstić information content (AvgIpc) is 2.31. The van der Waals surface area contributed by atoms with Gasteiger partial charge in [0.05, 0.1) is 6.61 Å². The number of rotatable bonds is 13. The van der Waals surface area contributed by atoms with E-state index in [-0.39, 0.29) is 5.48 Å². The molecule has 0 aliphatic rings. The zero-order valence-corrected chi connectivity index (χ0v) is 11.0. The Balaban J connectivity index is 0. The fourth-order valence-corrected chi connectivity index (χ4v) is 1.70. The predicted octanol–water partition coefficient (Wildman–Crippen LogP) is 3.44. The standard InChI is InChI=1S/C12H26O4.H2O/c1-2-3-4-5-6-7-8-9-10-11-12-14-16-15-13;/h13H,2-12H2,1H3;1H2. The van der Waals surface area contributed by atoms with Crippen LogP contribution in [0, 0.1) is 0 Å². The Morgan fingerprint density at radius 1 is 0.765 bits per heavy atom. The van der Waals surface area contributed by atoms with Gasteiger partial charge in [-0.25, -0.2) is 10.1 Å². The maximum atomic E-state index is 7.78. The molecule has 0 aliphatic heterocycles. The second kappa shape index (κ2) is 18.2. The zero-order valence-electron chi connectivity index (χ0n) is 11.0. The molecule has 5 heteroatoms. The van der Waals surface area contributed by atoms with Gasteiger partial charge in [-0.15, -0.1) is 0 Å². The molecule has 0 heterocycles. The van der Waals surface area contributed by atoms with Crippen LogP contribution in [0.5, 0.6) is 0 Å². The summed E-state index contributed by atoms with van der Waals surface area (Å²) in [6.07, 6.45) is 12.8. The van der Waals surface area contributed by atoms with Crippen LogP contribution in [0.25, 0.3) is 0 Å². The molecule has 0 spiro atoms. The second-order valence-electron chi connectivity index (χ2n) is 4.15. The molecule has 106 valence electrons. The van der Waals surface area contributed by atoms with Gasteiger partial charge in [0.1, 0.15) is 0 Å². The van der Waals surface area contributed by atoms with Crippen molar-refractivity contribution in [2.75, 3.05) is 6.61 Å². The summed E-state index contributed by atoms with van der Waals surface area (Å²) in [6.45, 7) is 2.71. The minimum Gasteiger partial charge on any atom is -0.412 e. The first-order valence-electron chi connectivity index (χ1n) is 6.51. The third-order valence-corrected chi connectivity index (χ3v) is 2.66. The molecule has 0 aromatic rings. The molecule has 0 aliphatic carbocycles. The largest absolute Gasteiger partial charge is 0.412 e. The van der Waals surface area contributed by atoms with E-state index in [1.807, 2.05) is 0 Å². The first-order chi connectivity index (χ1) is 7.91. The molecular formula is C12H28O5. The normalized spacial score (nSPS) is 10.2. The van der Waals surface area contributed by atoms with Crippen molar-refractivity contribution in [1.29, 1.82) is 0 Å². The lowest BCUT2D eigenvalue weighted by atomic mass is 10.1.